The fraction of sp³-hybridized carbons (Fsp3) is 0.250. The molecule has 0 saturated carbocycles. The van der Waals surface area contributed by atoms with E-state index >= 15 is 0 Å². The molecule has 32 heavy (non-hydrogen) atoms. The van der Waals surface area contributed by atoms with Gasteiger partial charge in [-0.15, -0.1) is 0 Å². The summed E-state index contributed by atoms with van der Waals surface area (Å²) in [5.74, 6) is -0.355. The fourth-order valence-corrected chi connectivity index (χ4v) is 4.28. The van der Waals surface area contributed by atoms with Gasteiger partial charge in [0.25, 0.3) is 5.91 Å². The smallest absolute Gasteiger partial charge is 0.254 e. The molecule has 1 unspecified atom stereocenters. The summed E-state index contributed by atoms with van der Waals surface area (Å²) in [6.45, 7) is 7.79. The highest BCUT2D eigenvalue weighted by atomic mass is 35.5. The van der Waals surface area contributed by atoms with Crippen LogP contribution in [0.3, 0.4) is 0 Å². The topological polar surface area (TPSA) is 92.9 Å². The fourth-order valence-electron chi connectivity index (χ4n) is 4.15. The van der Waals surface area contributed by atoms with E-state index < -0.39 is 0 Å². The Morgan fingerprint density at radius 1 is 1.19 bits per heavy atom. The van der Waals surface area contributed by atoms with Crippen LogP contribution in [0.25, 0.3) is 11.0 Å². The number of halogens is 1. The summed E-state index contributed by atoms with van der Waals surface area (Å²) in [7, 11) is 0. The third kappa shape index (κ3) is 3.91. The van der Waals surface area contributed by atoms with E-state index in [2.05, 4.69) is 27.2 Å². The van der Waals surface area contributed by atoms with Gasteiger partial charge in [0.1, 0.15) is 5.65 Å². The predicted molar refractivity (Wildman–Crippen MR) is 124 cm³/mol. The number of rotatable bonds is 5. The number of hydrogen-bond acceptors (Lipinski definition) is 5. The molecule has 0 fully saturated rings. The minimum atomic E-state index is -0.281. The van der Waals surface area contributed by atoms with Gasteiger partial charge in [-0.05, 0) is 56.5 Å². The number of nitrogens with zero attached hydrogens (tertiary/aromatic N) is 4. The van der Waals surface area contributed by atoms with Crippen molar-refractivity contribution in [3.63, 3.8) is 0 Å². The molecule has 4 rings (SSSR count). The molecule has 4 aromatic rings. The van der Waals surface area contributed by atoms with Crippen molar-refractivity contribution in [2.75, 3.05) is 0 Å². The number of nitrogens with one attached hydrogen (secondary N) is 1. The molecule has 1 aromatic carbocycles. The second-order valence-corrected chi connectivity index (χ2v) is 8.20. The lowest BCUT2D eigenvalue weighted by molar-refractivity contribution is 0.0951. The van der Waals surface area contributed by atoms with Crippen molar-refractivity contribution >= 4 is 28.5 Å². The number of aromatic nitrogens is 4. The Labute approximate surface area is 191 Å². The Kier molecular flexibility index (Phi) is 5.84. The van der Waals surface area contributed by atoms with E-state index in [0.717, 1.165) is 22.5 Å². The number of aromatic hydroxyl groups is 1. The number of fused-ring (bicyclic) bond motifs is 1. The monoisotopic (exact) mass is 449 g/mol. The molecule has 1 atom stereocenters. The highest BCUT2D eigenvalue weighted by molar-refractivity contribution is 6.28. The molecule has 0 aliphatic heterocycles. The van der Waals surface area contributed by atoms with Crippen molar-refractivity contribution in [2.45, 2.75) is 40.3 Å². The average Bonchev–Trinajstić information content (AvgIpc) is 3.03. The van der Waals surface area contributed by atoms with E-state index in [9.17, 15) is 9.90 Å². The summed E-state index contributed by atoms with van der Waals surface area (Å²) in [6.07, 6.45) is 1.58. The van der Waals surface area contributed by atoms with Crippen LogP contribution in [0.1, 0.15) is 51.4 Å². The second kappa shape index (κ2) is 8.59. The Morgan fingerprint density at radius 3 is 2.59 bits per heavy atom. The largest absolute Gasteiger partial charge is 0.493 e. The lowest BCUT2D eigenvalue weighted by atomic mass is 10.1. The van der Waals surface area contributed by atoms with Gasteiger partial charge in [-0.3, -0.25) is 4.79 Å². The van der Waals surface area contributed by atoms with Gasteiger partial charge < -0.3 is 15.0 Å². The third-order valence-electron chi connectivity index (χ3n) is 5.74. The summed E-state index contributed by atoms with van der Waals surface area (Å²) >= 11 is 6.10. The van der Waals surface area contributed by atoms with E-state index in [0.29, 0.717) is 22.2 Å². The van der Waals surface area contributed by atoms with Crippen molar-refractivity contribution in [1.82, 2.24) is 24.8 Å². The van der Waals surface area contributed by atoms with Crippen molar-refractivity contribution in [1.29, 1.82) is 0 Å². The summed E-state index contributed by atoms with van der Waals surface area (Å²) in [4.78, 5) is 25.9. The quantitative estimate of drug-likeness (QED) is 0.432. The van der Waals surface area contributed by atoms with Gasteiger partial charge in [0.2, 0.25) is 11.2 Å². The summed E-state index contributed by atoms with van der Waals surface area (Å²) in [5.41, 5.74) is 5.09. The molecule has 164 valence electrons. The highest BCUT2D eigenvalue weighted by Gasteiger charge is 2.25. The van der Waals surface area contributed by atoms with Crippen LogP contribution in [0.2, 0.25) is 5.28 Å². The van der Waals surface area contributed by atoms with Crippen molar-refractivity contribution in [3.8, 4) is 5.88 Å². The van der Waals surface area contributed by atoms with E-state index in [1.54, 1.807) is 6.20 Å². The minimum absolute atomic E-state index is 0.0706. The number of pyridine rings is 1. The maximum Gasteiger partial charge on any atom is 0.254 e. The first-order valence-corrected chi connectivity index (χ1v) is 10.7. The molecule has 3 aromatic heterocycles. The van der Waals surface area contributed by atoms with Crippen molar-refractivity contribution < 1.29 is 9.90 Å². The summed E-state index contributed by atoms with van der Waals surface area (Å²) < 4.78 is 2.00. The Hall–Kier alpha value is -3.45. The van der Waals surface area contributed by atoms with Crippen LogP contribution in [0.15, 0.2) is 42.6 Å². The van der Waals surface area contributed by atoms with E-state index in [-0.39, 0.29) is 29.7 Å². The van der Waals surface area contributed by atoms with E-state index in [4.69, 9.17) is 11.6 Å². The average molecular weight is 450 g/mol. The lowest BCUT2D eigenvalue weighted by Gasteiger charge is -2.18. The molecule has 0 spiro atoms. The van der Waals surface area contributed by atoms with Gasteiger partial charge in [-0.25, -0.2) is 9.97 Å². The number of carbonyl (C=O) groups is 1. The van der Waals surface area contributed by atoms with Crippen LogP contribution in [0.4, 0.5) is 0 Å². The maximum atomic E-state index is 13.3. The first kappa shape index (κ1) is 21.8. The van der Waals surface area contributed by atoms with Gasteiger partial charge in [0.05, 0.1) is 17.0 Å². The first-order chi connectivity index (χ1) is 15.3. The molecule has 0 radical (unpaired) electrons. The number of hydrogen-bond donors (Lipinski definition) is 2. The van der Waals surface area contributed by atoms with Crippen LogP contribution in [-0.4, -0.2) is 30.5 Å². The molecular weight excluding hydrogens is 426 g/mol. The van der Waals surface area contributed by atoms with Gasteiger partial charge in [0, 0.05) is 29.7 Å². The van der Waals surface area contributed by atoms with Gasteiger partial charge in [-0.1, -0.05) is 30.3 Å². The zero-order valence-electron chi connectivity index (χ0n) is 18.3. The normalized spacial score (nSPS) is 12.2. The third-order valence-corrected chi connectivity index (χ3v) is 5.92. The first-order valence-electron chi connectivity index (χ1n) is 10.3. The number of benzene rings is 1. The van der Waals surface area contributed by atoms with Crippen LogP contribution >= 0.6 is 11.6 Å². The zero-order valence-corrected chi connectivity index (χ0v) is 19.1. The highest BCUT2D eigenvalue weighted by Crippen LogP contribution is 2.31. The van der Waals surface area contributed by atoms with E-state index in [1.807, 2.05) is 61.7 Å². The zero-order chi connectivity index (χ0) is 23.0. The lowest BCUT2D eigenvalue weighted by Crippen LogP contribution is -2.24. The number of amides is 1. The molecule has 0 saturated heterocycles. The number of aryl methyl sites for hydroxylation is 2. The van der Waals surface area contributed by atoms with E-state index in [1.165, 1.54) is 0 Å². The molecule has 0 aliphatic rings. The predicted octanol–water partition coefficient (Wildman–Crippen LogP) is 4.65. The second-order valence-electron chi connectivity index (χ2n) is 7.86. The Bertz CT molecular complexity index is 1290. The Balaban J connectivity index is 1.75. The molecule has 8 heteroatoms. The van der Waals surface area contributed by atoms with Gasteiger partial charge >= 0.3 is 0 Å². The number of carbonyl (C=O) groups excluding carboxylic acids is 1. The SMILES string of the molecule is Cc1cc(C)c(CNC(=O)c2c(C)n(C(C)c3ccccc3)c3nc(Cl)ncc23)c(O)n1. The van der Waals surface area contributed by atoms with Crippen LogP contribution in [0.5, 0.6) is 5.88 Å². The molecule has 7 nitrogen and oxygen atoms in total. The standard InChI is InChI=1S/C24H24ClN5O2/c1-13-10-14(2)28-22(31)18(13)11-26-23(32)20-16(4)30(15(3)17-8-6-5-7-9-17)21-19(20)12-27-24(25)29-21/h5-10,12,15H,11H2,1-4H3,(H,26,32)(H,28,31). The van der Waals surface area contributed by atoms with Crippen LogP contribution in [-0.2, 0) is 6.54 Å². The van der Waals surface area contributed by atoms with Gasteiger partial charge in [-0.2, -0.15) is 4.98 Å². The summed E-state index contributed by atoms with van der Waals surface area (Å²) in [5, 5.41) is 13.9. The molecular formula is C24H24ClN5O2. The maximum absolute atomic E-state index is 13.3. The Morgan fingerprint density at radius 2 is 1.91 bits per heavy atom. The molecule has 0 bridgehead atoms. The molecule has 3 heterocycles. The molecule has 2 N–H and O–H groups in total. The summed E-state index contributed by atoms with van der Waals surface area (Å²) in [6, 6.07) is 11.8. The molecule has 1 amide bonds. The minimum Gasteiger partial charge on any atom is -0.493 e. The van der Waals surface area contributed by atoms with Crippen LogP contribution < -0.4 is 5.32 Å². The molecule has 0 aliphatic carbocycles. The van der Waals surface area contributed by atoms with Crippen LogP contribution in [0, 0.1) is 20.8 Å². The van der Waals surface area contributed by atoms with Crippen molar-refractivity contribution in [3.05, 3.63) is 81.5 Å². The van der Waals surface area contributed by atoms with Gasteiger partial charge in [0.15, 0.2) is 0 Å². The van der Waals surface area contributed by atoms with Crippen molar-refractivity contribution in [2.24, 2.45) is 0 Å².